The molecule has 0 saturated heterocycles. The monoisotopic (exact) mass is 317 g/mol. The van der Waals surface area contributed by atoms with Crippen molar-refractivity contribution in [2.24, 2.45) is 11.3 Å². The van der Waals surface area contributed by atoms with Crippen LogP contribution in [0.3, 0.4) is 0 Å². The van der Waals surface area contributed by atoms with E-state index in [1.165, 1.54) is 0 Å². The number of carbonyl (C=O) groups is 1. The van der Waals surface area contributed by atoms with Gasteiger partial charge in [-0.05, 0) is 25.7 Å². The molecule has 0 fully saturated rings. The topological polar surface area (TPSA) is 112 Å². The standard InChI is InChI=1S/C13H23N3O4S/c1-8-11(9(2)16-15-8)21(19,20)14-7-10(12(17)18)6-13(3,4)5/h10,14H,6-7H2,1-5H3,(H,15,16)(H,17,18). The molecule has 0 saturated carbocycles. The summed E-state index contributed by atoms with van der Waals surface area (Å²) >= 11 is 0. The van der Waals surface area contributed by atoms with Gasteiger partial charge in [0.25, 0.3) is 0 Å². The summed E-state index contributed by atoms with van der Waals surface area (Å²) in [7, 11) is -3.77. The molecule has 0 spiro atoms. The lowest BCUT2D eigenvalue weighted by atomic mass is 9.85. The zero-order valence-corrected chi connectivity index (χ0v) is 13.8. The Bertz CT molecular complexity index is 594. The number of carboxylic acid groups (broad SMARTS) is 1. The van der Waals surface area contributed by atoms with E-state index in [0.717, 1.165) is 0 Å². The summed E-state index contributed by atoms with van der Waals surface area (Å²) in [6.45, 7) is 8.81. The van der Waals surface area contributed by atoms with E-state index in [1.54, 1.807) is 13.8 Å². The number of nitrogens with one attached hydrogen (secondary N) is 2. The minimum absolute atomic E-state index is 0.0856. The second-order valence-electron chi connectivity index (χ2n) is 6.41. The van der Waals surface area contributed by atoms with Crippen LogP contribution in [0.1, 0.15) is 38.6 Å². The molecular formula is C13H23N3O4S. The molecule has 120 valence electrons. The molecule has 3 N–H and O–H groups in total. The molecule has 0 aliphatic carbocycles. The van der Waals surface area contributed by atoms with E-state index in [1.807, 2.05) is 20.8 Å². The number of nitrogens with zero attached hydrogens (tertiary/aromatic N) is 1. The fourth-order valence-corrected chi connectivity index (χ4v) is 3.65. The lowest BCUT2D eigenvalue weighted by Crippen LogP contribution is -2.35. The van der Waals surface area contributed by atoms with Crippen LogP contribution in [0.4, 0.5) is 0 Å². The molecule has 1 aromatic heterocycles. The third-order valence-electron chi connectivity index (χ3n) is 3.06. The Morgan fingerprint density at radius 1 is 1.38 bits per heavy atom. The number of H-pyrrole nitrogens is 1. The Kier molecular flexibility index (Phi) is 5.16. The number of rotatable bonds is 6. The van der Waals surface area contributed by atoms with Crippen molar-refractivity contribution in [2.75, 3.05) is 6.54 Å². The largest absolute Gasteiger partial charge is 0.481 e. The number of aromatic nitrogens is 2. The minimum Gasteiger partial charge on any atom is -0.481 e. The first-order valence-corrected chi connectivity index (χ1v) is 8.16. The third-order valence-corrected chi connectivity index (χ3v) is 4.74. The molecule has 0 radical (unpaired) electrons. The Morgan fingerprint density at radius 2 is 1.95 bits per heavy atom. The number of hydrogen-bond donors (Lipinski definition) is 3. The Balaban J connectivity index is 2.87. The van der Waals surface area contributed by atoms with Gasteiger partial charge in [-0.1, -0.05) is 20.8 Å². The summed E-state index contributed by atoms with van der Waals surface area (Å²) in [5, 5.41) is 15.7. The fourth-order valence-electron chi connectivity index (χ4n) is 2.21. The first-order chi connectivity index (χ1) is 9.44. The molecule has 1 heterocycles. The Morgan fingerprint density at radius 3 is 2.33 bits per heavy atom. The minimum atomic E-state index is -3.77. The summed E-state index contributed by atoms with van der Waals surface area (Å²) in [6, 6.07) is 0. The molecule has 0 aromatic carbocycles. The van der Waals surface area contributed by atoms with Gasteiger partial charge in [0.1, 0.15) is 4.90 Å². The van der Waals surface area contributed by atoms with Gasteiger partial charge in [0.2, 0.25) is 10.0 Å². The van der Waals surface area contributed by atoms with Crippen molar-refractivity contribution in [3.63, 3.8) is 0 Å². The van der Waals surface area contributed by atoms with E-state index in [2.05, 4.69) is 14.9 Å². The van der Waals surface area contributed by atoms with Crippen LogP contribution in [-0.4, -0.2) is 36.2 Å². The van der Waals surface area contributed by atoms with Crippen LogP contribution in [0.25, 0.3) is 0 Å². The van der Waals surface area contributed by atoms with E-state index in [-0.39, 0.29) is 16.9 Å². The van der Waals surface area contributed by atoms with Gasteiger partial charge >= 0.3 is 5.97 Å². The number of aromatic amines is 1. The van der Waals surface area contributed by atoms with E-state index in [9.17, 15) is 18.3 Å². The highest BCUT2D eigenvalue weighted by molar-refractivity contribution is 7.89. The van der Waals surface area contributed by atoms with Gasteiger partial charge in [0.15, 0.2) is 0 Å². The third kappa shape index (κ3) is 4.82. The smallest absolute Gasteiger partial charge is 0.307 e. The Labute approximate surface area is 125 Å². The second-order valence-corrected chi connectivity index (χ2v) is 8.12. The van der Waals surface area contributed by atoms with E-state index >= 15 is 0 Å². The maximum Gasteiger partial charge on any atom is 0.307 e. The fraction of sp³-hybridized carbons (Fsp3) is 0.692. The predicted molar refractivity (Wildman–Crippen MR) is 78.4 cm³/mol. The van der Waals surface area contributed by atoms with Crippen LogP contribution in [0.15, 0.2) is 4.90 Å². The molecule has 1 unspecified atom stereocenters. The van der Waals surface area contributed by atoms with Gasteiger partial charge < -0.3 is 5.11 Å². The molecule has 1 rings (SSSR count). The molecule has 8 heteroatoms. The first kappa shape index (κ1) is 17.6. The lowest BCUT2D eigenvalue weighted by molar-refractivity contribution is -0.142. The highest BCUT2D eigenvalue weighted by atomic mass is 32.2. The van der Waals surface area contributed by atoms with Gasteiger partial charge in [-0.15, -0.1) is 0 Å². The average molecular weight is 317 g/mol. The summed E-state index contributed by atoms with van der Waals surface area (Å²) in [5.41, 5.74) is 0.598. The van der Waals surface area contributed by atoms with Gasteiger partial charge in [0.05, 0.1) is 17.3 Å². The van der Waals surface area contributed by atoms with Crippen molar-refractivity contribution < 1.29 is 18.3 Å². The van der Waals surface area contributed by atoms with Crippen molar-refractivity contribution in [1.29, 1.82) is 0 Å². The average Bonchev–Trinajstić information content (AvgIpc) is 2.63. The van der Waals surface area contributed by atoms with Crippen LogP contribution >= 0.6 is 0 Å². The summed E-state index contributed by atoms with van der Waals surface area (Å²) in [4.78, 5) is 11.3. The highest BCUT2D eigenvalue weighted by Gasteiger charge is 2.28. The number of sulfonamides is 1. The first-order valence-electron chi connectivity index (χ1n) is 6.68. The molecule has 0 aliphatic rings. The molecule has 0 aliphatic heterocycles. The molecular weight excluding hydrogens is 294 g/mol. The zero-order chi connectivity index (χ0) is 16.4. The van der Waals surface area contributed by atoms with Crippen LogP contribution in [0.2, 0.25) is 0 Å². The SMILES string of the molecule is Cc1n[nH]c(C)c1S(=O)(=O)NCC(CC(C)(C)C)C(=O)O. The number of hydrogen-bond acceptors (Lipinski definition) is 4. The number of aliphatic carboxylic acids is 1. The summed E-state index contributed by atoms with van der Waals surface area (Å²) < 4.78 is 26.9. The number of aryl methyl sites for hydroxylation is 2. The Hall–Kier alpha value is -1.41. The van der Waals surface area contributed by atoms with Gasteiger partial charge in [-0.25, -0.2) is 13.1 Å². The second kappa shape index (κ2) is 6.15. The van der Waals surface area contributed by atoms with Crippen LogP contribution < -0.4 is 4.72 Å². The summed E-state index contributed by atoms with van der Waals surface area (Å²) in [5.74, 6) is -1.78. The van der Waals surface area contributed by atoms with Crippen LogP contribution in [0.5, 0.6) is 0 Å². The molecule has 1 atom stereocenters. The molecule has 0 bridgehead atoms. The van der Waals surface area contributed by atoms with E-state index in [4.69, 9.17) is 0 Å². The van der Waals surface area contributed by atoms with Gasteiger partial charge in [0, 0.05) is 6.54 Å². The van der Waals surface area contributed by atoms with Crippen LogP contribution in [-0.2, 0) is 14.8 Å². The summed E-state index contributed by atoms with van der Waals surface area (Å²) in [6.07, 6.45) is 0.383. The maximum absolute atomic E-state index is 12.3. The van der Waals surface area contributed by atoms with E-state index < -0.39 is 21.9 Å². The highest BCUT2D eigenvalue weighted by Crippen LogP contribution is 2.25. The molecule has 21 heavy (non-hydrogen) atoms. The van der Waals surface area contributed by atoms with Gasteiger partial charge in [-0.2, -0.15) is 5.10 Å². The lowest BCUT2D eigenvalue weighted by Gasteiger charge is -2.23. The molecule has 1 aromatic rings. The normalized spacial score (nSPS) is 14.1. The van der Waals surface area contributed by atoms with E-state index in [0.29, 0.717) is 17.8 Å². The number of carboxylic acids is 1. The zero-order valence-electron chi connectivity index (χ0n) is 13.0. The van der Waals surface area contributed by atoms with Crippen molar-refractivity contribution in [3.8, 4) is 0 Å². The molecule has 0 amide bonds. The van der Waals surface area contributed by atoms with Crippen molar-refractivity contribution in [1.82, 2.24) is 14.9 Å². The van der Waals surface area contributed by atoms with Crippen molar-refractivity contribution in [2.45, 2.75) is 45.9 Å². The van der Waals surface area contributed by atoms with Crippen molar-refractivity contribution in [3.05, 3.63) is 11.4 Å². The molecule has 7 nitrogen and oxygen atoms in total. The van der Waals surface area contributed by atoms with Gasteiger partial charge in [-0.3, -0.25) is 9.89 Å². The van der Waals surface area contributed by atoms with Crippen LogP contribution in [0, 0.1) is 25.2 Å². The maximum atomic E-state index is 12.3. The van der Waals surface area contributed by atoms with Crippen molar-refractivity contribution >= 4 is 16.0 Å². The quantitative estimate of drug-likeness (QED) is 0.735. The predicted octanol–water partition coefficient (Wildman–Crippen LogP) is 1.44.